The fourth-order valence-electron chi connectivity index (χ4n) is 2.57. The van der Waals surface area contributed by atoms with Crippen molar-refractivity contribution in [2.24, 2.45) is 5.92 Å². The van der Waals surface area contributed by atoms with Crippen LogP contribution in [0.1, 0.15) is 32.6 Å². The van der Waals surface area contributed by atoms with E-state index in [-0.39, 0.29) is 12.5 Å². The predicted octanol–water partition coefficient (Wildman–Crippen LogP) is 0.335. The Labute approximate surface area is 106 Å². The summed E-state index contributed by atoms with van der Waals surface area (Å²) in [6.07, 6.45) is 6.60. The van der Waals surface area contributed by atoms with Crippen LogP contribution in [0.5, 0.6) is 0 Å². The minimum Gasteiger partial charge on any atom is -0.388 e. The molecule has 1 aromatic rings. The van der Waals surface area contributed by atoms with Crippen LogP contribution in [0, 0.1) is 5.92 Å². The summed E-state index contributed by atoms with van der Waals surface area (Å²) < 4.78 is 1.46. The van der Waals surface area contributed by atoms with Gasteiger partial charge < -0.3 is 10.4 Å². The second-order valence-corrected chi connectivity index (χ2v) is 5.30. The van der Waals surface area contributed by atoms with Crippen LogP contribution in [-0.4, -0.2) is 37.9 Å². The maximum Gasteiger partial charge on any atom is 0.241 e. The van der Waals surface area contributed by atoms with Crippen LogP contribution in [-0.2, 0) is 11.3 Å². The molecule has 1 aliphatic carbocycles. The lowest BCUT2D eigenvalue weighted by molar-refractivity contribution is -0.123. The van der Waals surface area contributed by atoms with Crippen molar-refractivity contribution in [3.05, 3.63) is 12.7 Å². The zero-order valence-electron chi connectivity index (χ0n) is 10.7. The van der Waals surface area contributed by atoms with Gasteiger partial charge in [0.05, 0.1) is 5.60 Å². The fourth-order valence-corrected chi connectivity index (χ4v) is 2.57. The van der Waals surface area contributed by atoms with Crippen LogP contribution in [0.4, 0.5) is 0 Å². The first kappa shape index (κ1) is 13.0. The molecule has 18 heavy (non-hydrogen) atoms. The number of hydrogen-bond acceptors (Lipinski definition) is 4. The molecule has 1 heterocycles. The highest BCUT2D eigenvalue weighted by molar-refractivity contribution is 5.75. The van der Waals surface area contributed by atoms with Gasteiger partial charge in [-0.1, -0.05) is 19.8 Å². The van der Waals surface area contributed by atoms with Gasteiger partial charge in [-0.15, -0.1) is 0 Å². The van der Waals surface area contributed by atoms with Crippen LogP contribution in [0.3, 0.4) is 0 Å². The zero-order chi connectivity index (χ0) is 13.0. The molecule has 0 saturated heterocycles. The molecule has 0 aliphatic heterocycles. The third-order valence-corrected chi connectivity index (χ3v) is 3.45. The molecular weight excluding hydrogens is 232 g/mol. The molecule has 1 amide bonds. The quantitative estimate of drug-likeness (QED) is 0.809. The summed E-state index contributed by atoms with van der Waals surface area (Å²) in [5, 5.41) is 17.0. The Balaban J connectivity index is 1.78. The monoisotopic (exact) mass is 252 g/mol. The Morgan fingerprint density at radius 1 is 1.67 bits per heavy atom. The van der Waals surface area contributed by atoms with E-state index in [4.69, 9.17) is 0 Å². The second-order valence-electron chi connectivity index (χ2n) is 5.30. The summed E-state index contributed by atoms with van der Waals surface area (Å²) in [5.74, 6) is 0.378. The van der Waals surface area contributed by atoms with Crippen LogP contribution < -0.4 is 5.32 Å². The molecule has 0 radical (unpaired) electrons. The summed E-state index contributed by atoms with van der Waals surface area (Å²) in [6.45, 7) is 2.61. The van der Waals surface area contributed by atoms with Gasteiger partial charge in [-0.05, 0) is 18.8 Å². The van der Waals surface area contributed by atoms with E-state index >= 15 is 0 Å². The Bertz CT molecular complexity index is 393. The van der Waals surface area contributed by atoms with E-state index in [1.807, 2.05) is 0 Å². The van der Waals surface area contributed by atoms with Crippen LogP contribution in [0.15, 0.2) is 12.7 Å². The molecule has 100 valence electrons. The highest BCUT2D eigenvalue weighted by atomic mass is 16.3. The lowest BCUT2D eigenvalue weighted by atomic mass is 9.79. The average molecular weight is 252 g/mol. The number of carbonyl (C=O) groups is 1. The smallest absolute Gasteiger partial charge is 0.241 e. The van der Waals surface area contributed by atoms with E-state index in [0.717, 1.165) is 25.7 Å². The van der Waals surface area contributed by atoms with Gasteiger partial charge in [-0.2, -0.15) is 5.10 Å². The summed E-state index contributed by atoms with van der Waals surface area (Å²) in [6, 6.07) is 0. The Hall–Kier alpha value is -1.43. The lowest BCUT2D eigenvalue weighted by Gasteiger charge is -2.35. The number of aliphatic hydroxyl groups is 1. The molecule has 6 nitrogen and oxygen atoms in total. The average Bonchev–Trinajstić information content (AvgIpc) is 2.79. The van der Waals surface area contributed by atoms with Crippen molar-refractivity contribution in [3.63, 3.8) is 0 Å². The Kier molecular flexibility index (Phi) is 3.96. The van der Waals surface area contributed by atoms with Crippen LogP contribution >= 0.6 is 0 Å². The molecule has 1 saturated carbocycles. The van der Waals surface area contributed by atoms with Crippen molar-refractivity contribution in [2.45, 2.75) is 44.8 Å². The minimum absolute atomic E-state index is 0.144. The molecule has 2 N–H and O–H groups in total. The summed E-state index contributed by atoms with van der Waals surface area (Å²) in [7, 11) is 0. The number of aromatic nitrogens is 3. The van der Waals surface area contributed by atoms with E-state index in [1.165, 1.54) is 17.3 Å². The molecule has 2 atom stereocenters. The number of hydrogen-bond donors (Lipinski definition) is 2. The molecule has 6 heteroatoms. The summed E-state index contributed by atoms with van der Waals surface area (Å²) >= 11 is 0. The molecule has 2 unspecified atom stereocenters. The fraction of sp³-hybridized carbons (Fsp3) is 0.750. The number of nitrogens with one attached hydrogen (secondary N) is 1. The second kappa shape index (κ2) is 5.48. The van der Waals surface area contributed by atoms with Gasteiger partial charge in [-0.25, -0.2) is 9.67 Å². The van der Waals surface area contributed by atoms with E-state index in [9.17, 15) is 9.90 Å². The van der Waals surface area contributed by atoms with E-state index in [1.54, 1.807) is 0 Å². The number of amides is 1. The van der Waals surface area contributed by atoms with E-state index in [0.29, 0.717) is 12.5 Å². The van der Waals surface area contributed by atoms with Crippen LogP contribution in [0.2, 0.25) is 0 Å². The van der Waals surface area contributed by atoms with Crippen molar-refractivity contribution in [2.75, 3.05) is 6.54 Å². The van der Waals surface area contributed by atoms with Crippen molar-refractivity contribution < 1.29 is 9.90 Å². The van der Waals surface area contributed by atoms with E-state index < -0.39 is 5.60 Å². The largest absolute Gasteiger partial charge is 0.388 e. The van der Waals surface area contributed by atoms with Gasteiger partial charge in [0.1, 0.15) is 19.2 Å². The topological polar surface area (TPSA) is 80.0 Å². The molecule has 1 aliphatic rings. The molecule has 1 fully saturated rings. The molecule has 0 bridgehead atoms. The third kappa shape index (κ3) is 3.53. The Morgan fingerprint density at radius 3 is 3.17 bits per heavy atom. The SMILES string of the molecule is CC1CCCC(O)(CNC(=O)Cn2cncn2)C1. The first-order valence-corrected chi connectivity index (χ1v) is 6.39. The molecule has 0 aromatic carbocycles. The summed E-state index contributed by atoms with van der Waals surface area (Å²) in [5.41, 5.74) is -0.740. The maximum absolute atomic E-state index is 11.7. The first-order valence-electron chi connectivity index (χ1n) is 6.39. The van der Waals surface area contributed by atoms with Gasteiger partial charge in [0, 0.05) is 6.54 Å². The van der Waals surface area contributed by atoms with Crippen molar-refractivity contribution in [1.82, 2.24) is 20.1 Å². The third-order valence-electron chi connectivity index (χ3n) is 3.45. The van der Waals surface area contributed by atoms with Gasteiger partial charge in [0.2, 0.25) is 5.91 Å². The van der Waals surface area contributed by atoms with E-state index in [2.05, 4.69) is 22.3 Å². The zero-order valence-corrected chi connectivity index (χ0v) is 10.7. The summed E-state index contributed by atoms with van der Waals surface area (Å²) in [4.78, 5) is 15.4. The van der Waals surface area contributed by atoms with Crippen molar-refractivity contribution in [3.8, 4) is 0 Å². The standard InChI is InChI=1S/C12H20N4O2/c1-10-3-2-4-12(18,5-10)7-14-11(17)6-16-9-13-8-15-16/h8-10,18H,2-7H2,1H3,(H,14,17). The van der Waals surface area contributed by atoms with Crippen LogP contribution in [0.25, 0.3) is 0 Å². The van der Waals surface area contributed by atoms with Gasteiger partial charge in [-0.3, -0.25) is 4.79 Å². The predicted molar refractivity (Wildman–Crippen MR) is 65.6 cm³/mol. The maximum atomic E-state index is 11.7. The highest BCUT2D eigenvalue weighted by Gasteiger charge is 2.32. The van der Waals surface area contributed by atoms with Gasteiger partial charge >= 0.3 is 0 Å². The molecular formula is C12H20N4O2. The normalized spacial score (nSPS) is 28.0. The van der Waals surface area contributed by atoms with Gasteiger partial charge in [0.15, 0.2) is 0 Å². The van der Waals surface area contributed by atoms with Crippen molar-refractivity contribution >= 4 is 5.91 Å². The number of carbonyl (C=O) groups excluding carboxylic acids is 1. The molecule has 0 spiro atoms. The first-order chi connectivity index (χ1) is 8.57. The highest BCUT2D eigenvalue weighted by Crippen LogP contribution is 2.31. The number of rotatable bonds is 4. The van der Waals surface area contributed by atoms with Crippen molar-refractivity contribution in [1.29, 1.82) is 0 Å². The molecule has 1 aromatic heterocycles. The number of nitrogens with zero attached hydrogens (tertiary/aromatic N) is 3. The lowest BCUT2D eigenvalue weighted by Crippen LogP contribution is -2.46. The van der Waals surface area contributed by atoms with Gasteiger partial charge in [0.25, 0.3) is 0 Å². The minimum atomic E-state index is -0.740. The molecule has 2 rings (SSSR count). The Morgan fingerprint density at radius 2 is 2.50 bits per heavy atom.